The lowest BCUT2D eigenvalue weighted by Gasteiger charge is -2.34. The van der Waals surface area contributed by atoms with Crippen molar-refractivity contribution in [3.63, 3.8) is 0 Å². The molecule has 2 aliphatic rings. The minimum absolute atomic E-state index is 0.310. The molecule has 122 valence electrons. The van der Waals surface area contributed by atoms with E-state index >= 15 is 0 Å². The minimum atomic E-state index is -0.310. The van der Waals surface area contributed by atoms with Crippen LogP contribution in [-0.2, 0) is 6.54 Å². The predicted octanol–water partition coefficient (Wildman–Crippen LogP) is 3.42. The fraction of sp³-hybridized carbons (Fsp3) is 0.444. The number of fused-ring (bicyclic) bond motifs is 1. The lowest BCUT2D eigenvalue weighted by Crippen LogP contribution is -2.35. The fourth-order valence-electron chi connectivity index (χ4n) is 3.47. The number of ether oxygens (including phenoxy) is 2. The van der Waals surface area contributed by atoms with Crippen molar-refractivity contribution in [3.8, 4) is 11.5 Å². The number of aliphatic hydroxyl groups excluding tert-OH is 1. The maximum atomic E-state index is 10.5. The van der Waals surface area contributed by atoms with E-state index in [0.29, 0.717) is 12.7 Å². The molecule has 1 aromatic heterocycles. The molecule has 0 spiro atoms. The number of aliphatic hydroxyl groups is 1. The van der Waals surface area contributed by atoms with Gasteiger partial charge in [-0.3, -0.25) is 4.90 Å². The van der Waals surface area contributed by atoms with Gasteiger partial charge in [-0.05, 0) is 49.4 Å². The Morgan fingerprint density at radius 1 is 1.17 bits per heavy atom. The summed E-state index contributed by atoms with van der Waals surface area (Å²) in [4.78, 5) is 3.53. The molecule has 2 aliphatic heterocycles. The smallest absolute Gasteiger partial charge is 0.231 e. The number of piperidine rings is 1. The largest absolute Gasteiger partial charge is 0.454 e. The molecule has 4 rings (SSSR count). The van der Waals surface area contributed by atoms with Crippen molar-refractivity contribution in [1.82, 2.24) is 4.90 Å². The Labute approximate surface area is 140 Å². The normalized spacial score (nSPS) is 19.9. The van der Waals surface area contributed by atoms with Gasteiger partial charge in [-0.1, -0.05) is 18.2 Å². The average molecular weight is 331 g/mol. The van der Waals surface area contributed by atoms with Crippen molar-refractivity contribution in [1.29, 1.82) is 0 Å². The third kappa shape index (κ3) is 3.09. The molecule has 0 bridgehead atoms. The van der Waals surface area contributed by atoms with Crippen molar-refractivity contribution in [3.05, 3.63) is 46.2 Å². The first-order valence-corrected chi connectivity index (χ1v) is 9.00. The number of nitrogens with zero attached hydrogens (tertiary/aromatic N) is 1. The number of likely N-dealkylation sites (tertiary alicyclic amines) is 1. The number of hydrogen-bond acceptors (Lipinski definition) is 5. The molecule has 0 amide bonds. The van der Waals surface area contributed by atoms with E-state index in [2.05, 4.69) is 11.0 Å². The molecule has 1 saturated heterocycles. The van der Waals surface area contributed by atoms with E-state index in [4.69, 9.17) is 9.47 Å². The molecule has 23 heavy (non-hydrogen) atoms. The Bertz CT molecular complexity index is 650. The van der Waals surface area contributed by atoms with Crippen LogP contribution in [0.4, 0.5) is 0 Å². The lowest BCUT2D eigenvalue weighted by atomic mass is 9.90. The molecular formula is C18H21NO3S. The summed E-state index contributed by atoms with van der Waals surface area (Å²) in [6.45, 7) is 3.23. The van der Waals surface area contributed by atoms with Crippen molar-refractivity contribution in [2.45, 2.75) is 25.5 Å². The molecule has 0 aliphatic carbocycles. The van der Waals surface area contributed by atoms with Crippen LogP contribution in [0.2, 0.25) is 0 Å². The number of hydrogen-bond donors (Lipinski definition) is 1. The minimum Gasteiger partial charge on any atom is -0.454 e. The van der Waals surface area contributed by atoms with Crippen LogP contribution < -0.4 is 9.47 Å². The van der Waals surface area contributed by atoms with Crippen LogP contribution in [0.1, 0.15) is 29.4 Å². The molecule has 0 radical (unpaired) electrons. The zero-order valence-corrected chi connectivity index (χ0v) is 13.8. The second kappa shape index (κ2) is 6.51. The Kier molecular flexibility index (Phi) is 4.25. The van der Waals surface area contributed by atoms with Crippen LogP contribution >= 0.6 is 11.3 Å². The van der Waals surface area contributed by atoms with Gasteiger partial charge in [-0.25, -0.2) is 0 Å². The Morgan fingerprint density at radius 3 is 2.83 bits per heavy atom. The predicted molar refractivity (Wildman–Crippen MR) is 89.8 cm³/mol. The van der Waals surface area contributed by atoms with Crippen LogP contribution in [-0.4, -0.2) is 29.9 Å². The summed E-state index contributed by atoms with van der Waals surface area (Å²) >= 11 is 1.65. The summed E-state index contributed by atoms with van der Waals surface area (Å²) in [5, 5.41) is 12.5. The molecule has 1 aromatic carbocycles. The highest BCUT2D eigenvalue weighted by Gasteiger charge is 2.27. The van der Waals surface area contributed by atoms with E-state index in [-0.39, 0.29) is 6.10 Å². The zero-order chi connectivity index (χ0) is 15.6. The van der Waals surface area contributed by atoms with Gasteiger partial charge in [0, 0.05) is 17.0 Å². The Balaban J connectivity index is 1.36. The molecular weight excluding hydrogens is 310 g/mol. The summed E-state index contributed by atoms with van der Waals surface area (Å²) < 4.78 is 11.0. The van der Waals surface area contributed by atoms with E-state index in [1.165, 1.54) is 5.56 Å². The summed E-state index contributed by atoms with van der Waals surface area (Å²) in [6, 6.07) is 10.1. The highest BCUT2D eigenvalue weighted by atomic mass is 32.1. The van der Waals surface area contributed by atoms with Crippen LogP contribution in [0.3, 0.4) is 0 Å². The first-order valence-electron chi connectivity index (χ1n) is 8.12. The van der Waals surface area contributed by atoms with Gasteiger partial charge in [0.25, 0.3) is 0 Å². The van der Waals surface area contributed by atoms with Gasteiger partial charge >= 0.3 is 0 Å². The topological polar surface area (TPSA) is 41.9 Å². The standard InChI is InChI=1S/C18H21NO3S/c20-17(16-5-2-10-23-16)13-6-8-19(9-7-13)11-14-3-1-4-15-18(14)22-12-21-15/h1-5,10,13,17,20H,6-9,11-12H2/t17-/m1/s1. The third-order valence-electron chi connectivity index (χ3n) is 4.79. The molecule has 5 heteroatoms. The van der Waals surface area contributed by atoms with Crippen LogP contribution in [0.5, 0.6) is 11.5 Å². The molecule has 0 saturated carbocycles. The van der Waals surface area contributed by atoms with E-state index in [9.17, 15) is 5.11 Å². The highest BCUT2D eigenvalue weighted by molar-refractivity contribution is 7.10. The monoisotopic (exact) mass is 331 g/mol. The SMILES string of the molecule is O[C@@H](c1cccs1)C1CCN(Cc2cccc3c2OCO3)CC1. The number of thiophene rings is 1. The summed E-state index contributed by atoms with van der Waals surface area (Å²) in [5.74, 6) is 2.12. The van der Waals surface area contributed by atoms with E-state index in [1.807, 2.05) is 29.6 Å². The summed E-state index contributed by atoms with van der Waals surface area (Å²) in [5.41, 5.74) is 1.19. The van der Waals surface area contributed by atoms with E-state index < -0.39 is 0 Å². The Hall–Kier alpha value is -1.56. The van der Waals surface area contributed by atoms with Crippen molar-refractivity contribution in [2.24, 2.45) is 5.92 Å². The van der Waals surface area contributed by atoms with Gasteiger partial charge in [-0.2, -0.15) is 0 Å². The Morgan fingerprint density at radius 2 is 2.04 bits per heavy atom. The number of benzene rings is 1. The van der Waals surface area contributed by atoms with Crippen LogP contribution in [0, 0.1) is 5.92 Å². The quantitative estimate of drug-likeness (QED) is 0.932. The molecule has 1 fully saturated rings. The van der Waals surface area contributed by atoms with Gasteiger partial charge in [0.15, 0.2) is 11.5 Å². The van der Waals surface area contributed by atoms with Crippen molar-refractivity contribution < 1.29 is 14.6 Å². The first-order chi connectivity index (χ1) is 11.3. The van der Waals surface area contributed by atoms with Gasteiger partial charge < -0.3 is 14.6 Å². The van der Waals surface area contributed by atoms with Gasteiger partial charge in [-0.15, -0.1) is 11.3 Å². The second-order valence-electron chi connectivity index (χ2n) is 6.22. The fourth-order valence-corrected chi connectivity index (χ4v) is 4.28. The van der Waals surface area contributed by atoms with Crippen LogP contribution in [0.25, 0.3) is 0 Å². The molecule has 1 atom stereocenters. The second-order valence-corrected chi connectivity index (χ2v) is 7.20. The first kappa shape index (κ1) is 15.0. The van der Waals surface area contributed by atoms with E-state index in [1.54, 1.807) is 11.3 Å². The number of para-hydroxylation sites is 1. The molecule has 0 unspecified atom stereocenters. The summed E-state index contributed by atoms with van der Waals surface area (Å²) in [7, 11) is 0. The highest BCUT2D eigenvalue weighted by Crippen LogP contribution is 2.37. The maximum Gasteiger partial charge on any atom is 0.231 e. The molecule has 1 N–H and O–H groups in total. The maximum absolute atomic E-state index is 10.5. The van der Waals surface area contributed by atoms with Crippen molar-refractivity contribution in [2.75, 3.05) is 19.9 Å². The van der Waals surface area contributed by atoms with Gasteiger partial charge in [0.1, 0.15) is 0 Å². The summed E-state index contributed by atoms with van der Waals surface area (Å²) in [6.07, 6.45) is 1.76. The van der Waals surface area contributed by atoms with E-state index in [0.717, 1.165) is 48.9 Å². The van der Waals surface area contributed by atoms with Gasteiger partial charge in [0.2, 0.25) is 6.79 Å². The number of rotatable bonds is 4. The van der Waals surface area contributed by atoms with Gasteiger partial charge in [0.05, 0.1) is 6.10 Å². The van der Waals surface area contributed by atoms with Crippen LogP contribution in [0.15, 0.2) is 35.7 Å². The average Bonchev–Trinajstić information content (AvgIpc) is 3.27. The molecule has 4 nitrogen and oxygen atoms in total. The molecule has 2 aromatic rings. The third-order valence-corrected chi connectivity index (χ3v) is 5.73. The lowest BCUT2D eigenvalue weighted by molar-refractivity contribution is 0.0588. The zero-order valence-electron chi connectivity index (χ0n) is 13.0. The molecule has 3 heterocycles. The van der Waals surface area contributed by atoms with Crippen molar-refractivity contribution >= 4 is 11.3 Å².